The zero-order valence-electron chi connectivity index (χ0n) is 10.7. The number of rotatable bonds is 2. The lowest BCUT2D eigenvalue weighted by Crippen LogP contribution is -2.36. The second-order valence-electron chi connectivity index (χ2n) is 5.22. The van der Waals surface area contributed by atoms with Crippen molar-refractivity contribution >= 4 is 5.78 Å². The lowest BCUT2D eigenvalue weighted by Gasteiger charge is -2.23. The summed E-state index contributed by atoms with van der Waals surface area (Å²) in [7, 11) is 0. The molecular formula is C15H17FN2O. The number of hydrogen-bond acceptors (Lipinski definition) is 3. The summed E-state index contributed by atoms with van der Waals surface area (Å²) in [6, 6.07) is 6.53. The molecule has 3 nitrogen and oxygen atoms in total. The average molecular weight is 260 g/mol. The predicted octanol–water partition coefficient (Wildman–Crippen LogP) is 2.35. The second-order valence-corrected chi connectivity index (χ2v) is 5.22. The van der Waals surface area contributed by atoms with Crippen LogP contribution < -0.4 is 10.6 Å². The Balaban J connectivity index is 1.72. The molecule has 0 bridgehead atoms. The minimum Gasteiger partial charge on any atom is -0.367 e. The maximum absolute atomic E-state index is 12.8. The van der Waals surface area contributed by atoms with Crippen molar-refractivity contribution in [3.63, 3.8) is 0 Å². The number of benzene rings is 1. The lowest BCUT2D eigenvalue weighted by molar-refractivity contribution is 0.104. The third-order valence-electron chi connectivity index (χ3n) is 3.85. The smallest absolute Gasteiger partial charge is 0.189 e. The average Bonchev–Trinajstić information content (AvgIpc) is 2.81. The molecule has 1 aromatic carbocycles. The number of carbonyl (C=O) groups excluding carboxylic acids is 1. The molecular weight excluding hydrogens is 243 g/mol. The molecule has 3 rings (SSSR count). The number of ketones is 1. The fourth-order valence-corrected chi connectivity index (χ4v) is 2.83. The minimum atomic E-state index is -0.327. The first-order chi connectivity index (χ1) is 9.22. The van der Waals surface area contributed by atoms with Crippen LogP contribution in [-0.2, 0) is 0 Å². The van der Waals surface area contributed by atoms with E-state index in [1.165, 1.54) is 37.1 Å². The quantitative estimate of drug-likeness (QED) is 0.633. The molecule has 0 spiro atoms. The third-order valence-corrected chi connectivity index (χ3v) is 3.85. The van der Waals surface area contributed by atoms with Crippen molar-refractivity contribution < 1.29 is 9.18 Å². The van der Waals surface area contributed by atoms with Crippen LogP contribution in [0.25, 0.3) is 0 Å². The van der Waals surface area contributed by atoms with Crippen molar-refractivity contribution in [2.75, 3.05) is 0 Å². The number of hydrogen-bond donors (Lipinski definition) is 2. The molecule has 2 aliphatic rings. The van der Waals surface area contributed by atoms with Gasteiger partial charge in [-0.15, -0.1) is 0 Å². The Bertz CT molecular complexity index is 493. The number of halogens is 1. The van der Waals surface area contributed by atoms with Gasteiger partial charge in [0.05, 0.1) is 0 Å². The van der Waals surface area contributed by atoms with Crippen molar-refractivity contribution in [1.29, 1.82) is 0 Å². The van der Waals surface area contributed by atoms with E-state index < -0.39 is 0 Å². The van der Waals surface area contributed by atoms with Crippen LogP contribution >= 0.6 is 0 Å². The summed E-state index contributed by atoms with van der Waals surface area (Å²) in [5.41, 5.74) is 0.507. The van der Waals surface area contributed by atoms with Crippen LogP contribution in [0.2, 0.25) is 0 Å². The minimum absolute atomic E-state index is 0.103. The molecule has 1 aromatic rings. The molecule has 100 valence electrons. The molecule has 0 radical (unpaired) electrons. The zero-order valence-corrected chi connectivity index (χ0v) is 10.7. The summed E-state index contributed by atoms with van der Waals surface area (Å²) < 4.78 is 12.8. The van der Waals surface area contributed by atoms with E-state index in [0.29, 0.717) is 17.6 Å². The maximum atomic E-state index is 12.8. The van der Waals surface area contributed by atoms with Crippen LogP contribution in [0.15, 0.2) is 36.2 Å². The van der Waals surface area contributed by atoms with Crippen molar-refractivity contribution in [2.45, 2.75) is 37.8 Å². The van der Waals surface area contributed by atoms with Crippen molar-refractivity contribution in [3.8, 4) is 0 Å². The fourth-order valence-electron chi connectivity index (χ4n) is 2.83. The largest absolute Gasteiger partial charge is 0.367 e. The zero-order chi connectivity index (χ0) is 13.2. The van der Waals surface area contributed by atoms with Gasteiger partial charge in [-0.25, -0.2) is 4.39 Å². The van der Waals surface area contributed by atoms with E-state index in [1.807, 2.05) is 0 Å². The first-order valence-electron chi connectivity index (χ1n) is 6.77. The van der Waals surface area contributed by atoms with Gasteiger partial charge >= 0.3 is 0 Å². The van der Waals surface area contributed by atoms with Crippen molar-refractivity contribution in [3.05, 3.63) is 47.5 Å². The Morgan fingerprint density at radius 2 is 1.68 bits per heavy atom. The van der Waals surface area contributed by atoms with Gasteiger partial charge in [-0.2, -0.15) is 0 Å². The standard InChI is InChI=1S/C15H17FN2O/c16-11-7-5-10(6-8-11)14(19)9-15-17-12-3-1-2-4-13(12)18-15/h5-9,12-13,17-18H,1-4H2/b15-9-/t12-,13+/m0/s1. The highest BCUT2D eigenvalue weighted by atomic mass is 19.1. The summed E-state index contributed by atoms with van der Waals surface area (Å²) in [4.78, 5) is 12.0. The first-order valence-corrected chi connectivity index (χ1v) is 6.77. The van der Waals surface area contributed by atoms with E-state index in [4.69, 9.17) is 0 Å². The molecule has 1 saturated carbocycles. The molecule has 19 heavy (non-hydrogen) atoms. The molecule has 2 atom stereocenters. The molecule has 2 fully saturated rings. The molecule has 0 unspecified atom stereocenters. The van der Waals surface area contributed by atoms with E-state index in [2.05, 4.69) is 10.6 Å². The van der Waals surface area contributed by atoms with Gasteiger partial charge in [-0.05, 0) is 37.1 Å². The Morgan fingerprint density at radius 1 is 1.11 bits per heavy atom. The Hall–Kier alpha value is -1.84. The van der Waals surface area contributed by atoms with Crippen LogP contribution in [0.1, 0.15) is 36.0 Å². The monoisotopic (exact) mass is 260 g/mol. The summed E-state index contributed by atoms with van der Waals surface area (Å²) in [5.74, 6) is 0.368. The molecule has 0 aromatic heterocycles. The molecule has 1 aliphatic carbocycles. The number of fused-ring (bicyclic) bond motifs is 1. The van der Waals surface area contributed by atoms with Gasteiger partial charge in [0.1, 0.15) is 11.6 Å². The SMILES string of the molecule is O=C(/C=C1/N[C@H]2CCCC[C@H]2N1)c1ccc(F)cc1. The van der Waals surface area contributed by atoms with Gasteiger partial charge in [0.25, 0.3) is 0 Å². The van der Waals surface area contributed by atoms with E-state index in [0.717, 1.165) is 18.7 Å². The van der Waals surface area contributed by atoms with Gasteiger partial charge in [0, 0.05) is 23.7 Å². The molecule has 2 N–H and O–H groups in total. The van der Waals surface area contributed by atoms with E-state index >= 15 is 0 Å². The van der Waals surface area contributed by atoms with E-state index in [9.17, 15) is 9.18 Å². The van der Waals surface area contributed by atoms with Gasteiger partial charge in [-0.3, -0.25) is 4.79 Å². The lowest BCUT2D eigenvalue weighted by atomic mass is 9.92. The summed E-state index contributed by atoms with van der Waals surface area (Å²) in [5, 5.41) is 6.72. The normalized spacial score (nSPS) is 27.5. The third kappa shape index (κ3) is 2.62. The molecule has 4 heteroatoms. The topological polar surface area (TPSA) is 41.1 Å². The van der Waals surface area contributed by atoms with Crippen molar-refractivity contribution in [1.82, 2.24) is 10.6 Å². The van der Waals surface area contributed by atoms with E-state index in [-0.39, 0.29) is 11.6 Å². The van der Waals surface area contributed by atoms with Gasteiger partial charge in [0.2, 0.25) is 0 Å². The predicted molar refractivity (Wildman–Crippen MR) is 71.1 cm³/mol. The first kappa shape index (κ1) is 12.2. The Kier molecular flexibility index (Phi) is 3.23. The van der Waals surface area contributed by atoms with Gasteiger partial charge < -0.3 is 10.6 Å². The fraction of sp³-hybridized carbons (Fsp3) is 0.400. The van der Waals surface area contributed by atoms with Crippen LogP contribution in [0.4, 0.5) is 4.39 Å². The molecule has 1 heterocycles. The summed E-state index contributed by atoms with van der Waals surface area (Å²) in [6.07, 6.45) is 6.37. The summed E-state index contributed by atoms with van der Waals surface area (Å²) in [6.45, 7) is 0. The maximum Gasteiger partial charge on any atom is 0.189 e. The summed E-state index contributed by atoms with van der Waals surface area (Å²) >= 11 is 0. The molecule has 1 aliphatic heterocycles. The molecule has 0 amide bonds. The Labute approximate surface area is 111 Å². The van der Waals surface area contributed by atoms with Gasteiger partial charge in [0.15, 0.2) is 5.78 Å². The highest BCUT2D eigenvalue weighted by Gasteiger charge is 2.31. The van der Waals surface area contributed by atoms with Crippen molar-refractivity contribution in [2.24, 2.45) is 0 Å². The van der Waals surface area contributed by atoms with E-state index in [1.54, 1.807) is 6.08 Å². The van der Waals surface area contributed by atoms with Crippen LogP contribution in [-0.4, -0.2) is 17.9 Å². The number of nitrogens with one attached hydrogen (secondary N) is 2. The Morgan fingerprint density at radius 3 is 2.26 bits per heavy atom. The number of allylic oxidation sites excluding steroid dienone is 1. The van der Waals surface area contributed by atoms with Crippen LogP contribution in [0.5, 0.6) is 0 Å². The van der Waals surface area contributed by atoms with Crippen LogP contribution in [0, 0.1) is 5.82 Å². The van der Waals surface area contributed by atoms with Crippen LogP contribution in [0.3, 0.4) is 0 Å². The highest BCUT2D eigenvalue weighted by molar-refractivity contribution is 6.04. The highest BCUT2D eigenvalue weighted by Crippen LogP contribution is 2.23. The van der Waals surface area contributed by atoms with Gasteiger partial charge in [-0.1, -0.05) is 12.8 Å². The molecule has 1 saturated heterocycles. The number of carbonyl (C=O) groups is 1. The second kappa shape index (κ2) is 5.03.